The van der Waals surface area contributed by atoms with Crippen LogP contribution < -0.4 is 5.32 Å². The van der Waals surface area contributed by atoms with Crippen molar-refractivity contribution in [2.45, 2.75) is 33.2 Å². The molecule has 0 bridgehead atoms. The third-order valence-corrected chi connectivity index (χ3v) is 4.81. The molecule has 0 aliphatic carbocycles. The van der Waals surface area contributed by atoms with E-state index in [0.29, 0.717) is 5.82 Å². The second-order valence-corrected chi connectivity index (χ2v) is 6.68. The number of hydrogen-bond donors (Lipinski definition) is 1. The van der Waals surface area contributed by atoms with Crippen molar-refractivity contribution in [1.29, 1.82) is 0 Å². The van der Waals surface area contributed by atoms with Gasteiger partial charge in [-0.3, -0.25) is 4.79 Å². The van der Waals surface area contributed by atoms with E-state index < -0.39 is 0 Å². The Morgan fingerprint density at radius 3 is 2.42 bits per heavy atom. The van der Waals surface area contributed by atoms with Crippen molar-refractivity contribution in [2.75, 3.05) is 5.32 Å². The van der Waals surface area contributed by atoms with Crippen molar-refractivity contribution < 1.29 is 4.79 Å². The van der Waals surface area contributed by atoms with E-state index in [0.717, 1.165) is 39.7 Å². The van der Waals surface area contributed by atoms with Gasteiger partial charge in [0.1, 0.15) is 6.54 Å². The van der Waals surface area contributed by atoms with Crippen molar-refractivity contribution >= 4 is 27.5 Å². The number of nitrogens with one attached hydrogen (secondary N) is 1. The molecule has 1 heterocycles. The fourth-order valence-corrected chi connectivity index (χ4v) is 3.23. The zero-order chi connectivity index (χ0) is 18.5. The lowest BCUT2D eigenvalue weighted by Gasteiger charge is -2.14. The molecule has 0 fully saturated rings. The van der Waals surface area contributed by atoms with E-state index >= 15 is 0 Å². The second-order valence-electron chi connectivity index (χ2n) is 5.83. The first kappa shape index (κ1) is 18.3. The molecular formula is C19H20BrN5O. The number of rotatable bonds is 6. The number of anilines is 1. The molecule has 0 atom stereocenters. The number of halogens is 1. The molecule has 0 radical (unpaired) electrons. The third-order valence-electron chi connectivity index (χ3n) is 4.12. The Morgan fingerprint density at radius 1 is 1.08 bits per heavy atom. The van der Waals surface area contributed by atoms with Gasteiger partial charge in [0.2, 0.25) is 11.7 Å². The largest absolute Gasteiger partial charge is 0.324 e. The summed E-state index contributed by atoms with van der Waals surface area (Å²) >= 11 is 3.47. The molecule has 1 N–H and O–H groups in total. The van der Waals surface area contributed by atoms with E-state index in [-0.39, 0.29) is 12.5 Å². The molecule has 0 aliphatic heterocycles. The molecule has 3 rings (SSSR count). The van der Waals surface area contributed by atoms with Crippen LogP contribution in [0.1, 0.15) is 25.0 Å². The standard InChI is InChI=1S/C19H20BrN5O/c1-3-13-8-7-9-14(4-2)18(13)21-17(26)12-25-23-19(22-24-25)15-10-5-6-11-16(15)20/h5-11H,3-4,12H2,1-2H3,(H,21,26). The minimum atomic E-state index is -0.170. The maximum absolute atomic E-state index is 12.5. The van der Waals surface area contributed by atoms with Crippen LogP contribution in [0.3, 0.4) is 0 Å². The highest BCUT2D eigenvalue weighted by molar-refractivity contribution is 9.10. The minimum absolute atomic E-state index is 0.0126. The summed E-state index contributed by atoms with van der Waals surface area (Å²) in [6, 6.07) is 13.7. The van der Waals surface area contributed by atoms with E-state index in [2.05, 4.69) is 50.5 Å². The highest BCUT2D eigenvalue weighted by Gasteiger charge is 2.14. The van der Waals surface area contributed by atoms with Gasteiger partial charge in [0.25, 0.3) is 0 Å². The van der Waals surface area contributed by atoms with Gasteiger partial charge in [-0.25, -0.2) is 0 Å². The van der Waals surface area contributed by atoms with Crippen molar-refractivity contribution in [2.24, 2.45) is 0 Å². The van der Waals surface area contributed by atoms with Gasteiger partial charge >= 0.3 is 0 Å². The molecule has 1 amide bonds. The average Bonchev–Trinajstić information content (AvgIpc) is 3.10. The topological polar surface area (TPSA) is 72.7 Å². The Hall–Kier alpha value is -2.54. The maximum atomic E-state index is 12.5. The molecule has 0 saturated heterocycles. The number of aromatic nitrogens is 4. The molecule has 0 saturated carbocycles. The number of carbonyl (C=O) groups excluding carboxylic acids is 1. The third kappa shape index (κ3) is 3.99. The number of nitrogens with zero attached hydrogens (tertiary/aromatic N) is 4. The molecule has 2 aromatic carbocycles. The monoisotopic (exact) mass is 413 g/mol. The normalized spacial score (nSPS) is 10.7. The predicted molar refractivity (Wildman–Crippen MR) is 105 cm³/mol. The van der Waals surface area contributed by atoms with E-state index in [9.17, 15) is 4.79 Å². The summed E-state index contributed by atoms with van der Waals surface area (Å²) in [5.41, 5.74) is 3.98. The first-order valence-electron chi connectivity index (χ1n) is 8.55. The van der Waals surface area contributed by atoms with Gasteiger partial charge in [-0.15, -0.1) is 10.2 Å². The Kier molecular flexibility index (Phi) is 5.78. The number of carbonyl (C=O) groups is 1. The average molecular weight is 414 g/mol. The number of aryl methyl sites for hydroxylation is 2. The number of tetrazole rings is 1. The van der Waals surface area contributed by atoms with Crippen LogP contribution in [-0.4, -0.2) is 26.1 Å². The second kappa shape index (κ2) is 8.23. The predicted octanol–water partition coefficient (Wildman–Crippen LogP) is 3.87. The van der Waals surface area contributed by atoms with Crippen molar-refractivity contribution in [3.8, 4) is 11.4 Å². The Labute approximate surface area is 160 Å². The van der Waals surface area contributed by atoms with Gasteiger partial charge in [0, 0.05) is 15.7 Å². The number of hydrogen-bond acceptors (Lipinski definition) is 4. The van der Waals surface area contributed by atoms with E-state index in [1.165, 1.54) is 4.80 Å². The molecule has 6 nitrogen and oxygen atoms in total. The molecular weight excluding hydrogens is 394 g/mol. The lowest BCUT2D eigenvalue weighted by atomic mass is 10.0. The molecule has 26 heavy (non-hydrogen) atoms. The van der Waals surface area contributed by atoms with Crippen molar-refractivity contribution in [1.82, 2.24) is 20.2 Å². The Bertz CT molecular complexity index is 900. The summed E-state index contributed by atoms with van der Waals surface area (Å²) in [7, 11) is 0. The molecule has 3 aromatic rings. The zero-order valence-electron chi connectivity index (χ0n) is 14.7. The van der Waals surface area contributed by atoms with Crippen LogP contribution in [0.4, 0.5) is 5.69 Å². The van der Waals surface area contributed by atoms with E-state index in [1.54, 1.807) is 0 Å². The zero-order valence-corrected chi connectivity index (χ0v) is 16.3. The maximum Gasteiger partial charge on any atom is 0.248 e. The van der Waals surface area contributed by atoms with Crippen LogP contribution >= 0.6 is 15.9 Å². The van der Waals surface area contributed by atoms with Crippen LogP contribution in [0.5, 0.6) is 0 Å². The molecule has 0 spiro atoms. The molecule has 0 aliphatic rings. The first-order chi connectivity index (χ1) is 12.6. The quantitative estimate of drug-likeness (QED) is 0.665. The van der Waals surface area contributed by atoms with E-state index in [1.807, 2.05) is 42.5 Å². The summed E-state index contributed by atoms with van der Waals surface area (Å²) < 4.78 is 0.883. The summed E-state index contributed by atoms with van der Waals surface area (Å²) in [5, 5.41) is 15.4. The van der Waals surface area contributed by atoms with Gasteiger partial charge in [-0.1, -0.05) is 60.1 Å². The van der Waals surface area contributed by atoms with Gasteiger partial charge < -0.3 is 5.32 Å². The molecule has 7 heteroatoms. The number of benzene rings is 2. The SMILES string of the molecule is CCc1cccc(CC)c1NC(=O)Cn1nnc(-c2ccccc2Br)n1. The van der Waals surface area contributed by atoms with Crippen molar-refractivity contribution in [3.05, 3.63) is 58.1 Å². The van der Waals surface area contributed by atoms with Crippen LogP contribution in [0.2, 0.25) is 0 Å². The summed E-state index contributed by atoms with van der Waals surface area (Å²) in [4.78, 5) is 13.8. The van der Waals surface area contributed by atoms with Crippen molar-refractivity contribution in [3.63, 3.8) is 0 Å². The molecule has 0 unspecified atom stereocenters. The first-order valence-corrected chi connectivity index (χ1v) is 9.35. The van der Waals surface area contributed by atoms with Crippen LogP contribution in [0.15, 0.2) is 46.9 Å². The molecule has 134 valence electrons. The van der Waals surface area contributed by atoms with Gasteiger partial charge in [-0.05, 0) is 41.3 Å². The summed E-state index contributed by atoms with van der Waals surface area (Å²) in [5.74, 6) is 0.310. The van der Waals surface area contributed by atoms with Gasteiger partial charge in [0.15, 0.2) is 0 Å². The van der Waals surface area contributed by atoms with E-state index in [4.69, 9.17) is 0 Å². The lowest BCUT2D eigenvalue weighted by Crippen LogP contribution is -2.22. The molecule has 1 aromatic heterocycles. The highest BCUT2D eigenvalue weighted by Crippen LogP contribution is 2.24. The Morgan fingerprint density at radius 2 is 1.77 bits per heavy atom. The van der Waals surface area contributed by atoms with Crippen LogP contribution in [0, 0.1) is 0 Å². The minimum Gasteiger partial charge on any atom is -0.324 e. The smallest absolute Gasteiger partial charge is 0.248 e. The summed E-state index contributed by atoms with van der Waals surface area (Å²) in [6.45, 7) is 4.17. The number of para-hydroxylation sites is 1. The highest BCUT2D eigenvalue weighted by atomic mass is 79.9. The van der Waals surface area contributed by atoms with Gasteiger partial charge in [-0.2, -0.15) is 4.80 Å². The van der Waals surface area contributed by atoms with Crippen LogP contribution in [0.25, 0.3) is 11.4 Å². The number of amides is 1. The summed E-state index contributed by atoms with van der Waals surface area (Å²) in [6.07, 6.45) is 1.72. The fraction of sp³-hybridized carbons (Fsp3) is 0.263. The Balaban J connectivity index is 1.75. The van der Waals surface area contributed by atoms with Crippen LogP contribution in [-0.2, 0) is 24.2 Å². The fourth-order valence-electron chi connectivity index (χ4n) is 2.77. The van der Waals surface area contributed by atoms with Gasteiger partial charge in [0.05, 0.1) is 0 Å². The lowest BCUT2D eigenvalue weighted by molar-refractivity contribution is -0.117.